The van der Waals surface area contributed by atoms with E-state index in [2.05, 4.69) is 43.2 Å². The zero-order valence-electron chi connectivity index (χ0n) is 11.5. The molecule has 17 heavy (non-hydrogen) atoms. The van der Waals surface area contributed by atoms with Gasteiger partial charge in [-0.15, -0.1) is 0 Å². The lowest BCUT2D eigenvalue weighted by Gasteiger charge is -2.14. The summed E-state index contributed by atoms with van der Waals surface area (Å²) in [6.45, 7) is 5.77. The molecular weight excluding hydrogens is 208 g/mol. The zero-order chi connectivity index (χ0) is 12.3. The fourth-order valence-electron chi connectivity index (χ4n) is 2.81. The Balaban J connectivity index is 2.17. The van der Waals surface area contributed by atoms with Gasteiger partial charge in [0.1, 0.15) is 0 Å². The Morgan fingerprint density at radius 1 is 1.41 bits per heavy atom. The maximum Gasteiger partial charge on any atom is 0.0335 e. The molecule has 2 heteroatoms. The van der Waals surface area contributed by atoms with Crippen LogP contribution in [0.2, 0.25) is 0 Å². The van der Waals surface area contributed by atoms with Crippen molar-refractivity contribution in [1.82, 2.24) is 9.88 Å². The van der Waals surface area contributed by atoms with E-state index < -0.39 is 0 Å². The van der Waals surface area contributed by atoms with Gasteiger partial charge in [-0.05, 0) is 43.4 Å². The van der Waals surface area contributed by atoms with Crippen LogP contribution in [0.4, 0.5) is 0 Å². The third-order valence-corrected chi connectivity index (χ3v) is 4.13. The topological polar surface area (TPSA) is 17.0 Å². The molecule has 2 atom stereocenters. The average molecular weight is 234 g/mol. The Morgan fingerprint density at radius 2 is 2.24 bits per heavy atom. The molecule has 0 amide bonds. The molecule has 0 fully saturated rings. The molecule has 0 radical (unpaired) electrons. The van der Waals surface area contributed by atoms with Gasteiger partial charge in [-0.1, -0.05) is 26.7 Å². The van der Waals surface area contributed by atoms with Gasteiger partial charge in [0.2, 0.25) is 0 Å². The third-order valence-electron chi connectivity index (χ3n) is 4.13. The van der Waals surface area contributed by atoms with Gasteiger partial charge in [-0.3, -0.25) is 0 Å². The fraction of sp³-hybridized carbons (Fsp3) is 0.733. The van der Waals surface area contributed by atoms with E-state index in [1.54, 1.807) is 11.1 Å². The van der Waals surface area contributed by atoms with Crippen molar-refractivity contribution in [2.24, 2.45) is 5.92 Å². The number of aryl methyl sites for hydroxylation is 1. The number of hydrogen-bond acceptors (Lipinski definition) is 1. The molecule has 1 heterocycles. The summed E-state index contributed by atoms with van der Waals surface area (Å²) in [7, 11) is 2.09. The SMILES string of the molecule is CCC(C)Cn1cc2c(c1)C(NC)CCCC2. The second-order valence-electron chi connectivity index (χ2n) is 5.54. The first kappa shape index (κ1) is 12.7. The lowest BCUT2D eigenvalue weighted by molar-refractivity contribution is 0.466. The second-order valence-corrected chi connectivity index (χ2v) is 5.54. The Kier molecular flexibility index (Phi) is 4.27. The molecule has 0 aromatic carbocycles. The first-order valence-corrected chi connectivity index (χ1v) is 7.10. The Labute approximate surface area is 105 Å². The van der Waals surface area contributed by atoms with Crippen molar-refractivity contribution in [3.05, 3.63) is 23.5 Å². The molecule has 0 saturated heterocycles. The lowest BCUT2D eigenvalue weighted by Crippen LogP contribution is -2.15. The van der Waals surface area contributed by atoms with Crippen molar-refractivity contribution >= 4 is 0 Å². The smallest absolute Gasteiger partial charge is 0.0335 e. The summed E-state index contributed by atoms with van der Waals surface area (Å²) in [4.78, 5) is 0. The van der Waals surface area contributed by atoms with Crippen molar-refractivity contribution in [1.29, 1.82) is 0 Å². The first-order chi connectivity index (χ1) is 8.24. The number of rotatable bonds is 4. The van der Waals surface area contributed by atoms with Crippen LogP contribution in [0.1, 0.15) is 56.7 Å². The van der Waals surface area contributed by atoms with Gasteiger partial charge in [0.15, 0.2) is 0 Å². The summed E-state index contributed by atoms with van der Waals surface area (Å²) in [5.41, 5.74) is 3.12. The van der Waals surface area contributed by atoms with E-state index in [0.29, 0.717) is 6.04 Å². The minimum absolute atomic E-state index is 0.575. The highest BCUT2D eigenvalue weighted by molar-refractivity contribution is 5.29. The average Bonchev–Trinajstić information content (AvgIpc) is 2.62. The summed E-state index contributed by atoms with van der Waals surface area (Å²) < 4.78 is 2.41. The van der Waals surface area contributed by atoms with E-state index in [1.807, 2.05) is 0 Å². The first-order valence-electron chi connectivity index (χ1n) is 7.10. The molecule has 2 unspecified atom stereocenters. The predicted molar refractivity (Wildman–Crippen MR) is 73.2 cm³/mol. The normalized spacial score (nSPS) is 21.9. The van der Waals surface area contributed by atoms with Gasteiger partial charge in [0.05, 0.1) is 0 Å². The summed E-state index contributed by atoms with van der Waals surface area (Å²) in [5.74, 6) is 0.777. The molecule has 2 nitrogen and oxygen atoms in total. The largest absolute Gasteiger partial charge is 0.353 e. The monoisotopic (exact) mass is 234 g/mol. The van der Waals surface area contributed by atoms with Crippen molar-refractivity contribution < 1.29 is 0 Å². The molecule has 1 aliphatic carbocycles. The number of fused-ring (bicyclic) bond motifs is 1. The van der Waals surface area contributed by atoms with E-state index in [-0.39, 0.29) is 0 Å². The summed E-state index contributed by atoms with van der Waals surface area (Å²) in [5, 5.41) is 3.47. The van der Waals surface area contributed by atoms with Crippen LogP contribution in [0.5, 0.6) is 0 Å². The molecular formula is C15H26N2. The zero-order valence-corrected chi connectivity index (χ0v) is 11.5. The van der Waals surface area contributed by atoms with E-state index >= 15 is 0 Å². The summed E-state index contributed by atoms with van der Waals surface area (Å²) >= 11 is 0. The molecule has 0 saturated carbocycles. The van der Waals surface area contributed by atoms with Crippen LogP contribution < -0.4 is 5.32 Å². The third kappa shape index (κ3) is 2.92. The van der Waals surface area contributed by atoms with E-state index in [4.69, 9.17) is 0 Å². The number of nitrogens with zero attached hydrogens (tertiary/aromatic N) is 1. The van der Waals surface area contributed by atoms with Crippen molar-refractivity contribution in [3.63, 3.8) is 0 Å². The van der Waals surface area contributed by atoms with Crippen LogP contribution in [-0.4, -0.2) is 11.6 Å². The van der Waals surface area contributed by atoms with Crippen LogP contribution in [0.25, 0.3) is 0 Å². The number of aromatic nitrogens is 1. The van der Waals surface area contributed by atoms with Crippen LogP contribution in [0, 0.1) is 5.92 Å². The highest BCUT2D eigenvalue weighted by atomic mass is 15.0. The molecule has 1 N–H and O–H groups in total. The highest BCUT2D eigenvalue weighted by Gasteiger charge is 2.19. The predicted octanol–water partition coefficient (Wildman–Crippen LogP) is 3.52. The van der Waals surface area contributed by atoms with Gasteiger partial charge in [0, 0.05) is 25.0 Å². The van der Waals surface area contributed by atoms with Crippen LogP contribution in [0.3, 0.4) is 0 Å². The lowest BCUT2D eigenvalue weighted by atomic mass is 10.1. The van der Waals surface area contributed by atoms with Crippen molar-refractivity contribution in [3.8, 4) is 0 Å². The van der Waals surface area contributed by atoms with Crippen LogP contribution in [0.15, 0.2) is 12.4 Å². The standard InChI is InChI=1S/C15H26N2/c1-4-12(2)9-17-10-13-7-5-6-8-15(16-3)14(13)11-17/h10-12,15-16H,4-9H2,1-3H3. The van der Waals surface area contributed by atoms with Crippen molar-refractivity contribution in [2.45, 2.75) is 58.5 Å². The second kappa shape index (κ2) is 5.72. The molecule has 0 bridgehead atoms. The minimum atomic E-state index is 0.575. The van der Waals surface area contributed by atoms with Crippen LogP contribution >= 0.6 is 0 Å². The van der Waals surface area contributed by atoms with Crippen molar-refractivity contribution in [2.75, 3.05) is 7.05 Å². The maximum atomic E-state index is 3.47. The molecule has 1 aromatic rings. The Morgan fingerprint density at radius 3 is 2.94 bits per heavy atom. The molecule has 1 aliphatic rings. The fourth-order valence-corrected chi connectivity index (χ4v) is 2.81. The van der Waals surface area contributed by atoms with Gasteiger partial charge >= 0.3 is 0 Å². The van der Waals surface area contributed by atoms with E-state index in [1.165, 1.54) is 38.6 Å². The van der Waals surface area contributed by atoms with Gasteiger partial charge in [-0.25, -0.2) is 0 Å². The summed E-state index contributed by atoms with van der Waals surface area (Å²) in [6, 6.07) is 0.575. The maximum absolute atomic E-state index is 3.47. The molecule has 0 spiro atoms. The molecule has 2 rings (SSSR count). The highest BCUT2D eigenvalue weighted by Crippen LogP contribution is 2.29. The van der Waals surface area contributed by atoms with E-state index in [9.17, 15) is 0 Å². The minimum Gasteiger partial charge on any atom is -0.353 e. The summed E-state index contributed by atoms with van der Waals surface area (Å²) in [6.07, 6.45) is 11.3. The van der Waals surface area contributed by atoms with Gasteiger partial charge < -0.3 is 9.88 Å². The Bertz CT molecular complexity index is 354. The van der Waals surface area contributed by atoms with E-state index in [0.717, 1.165) is 5.92 Å². The molecule has 0 aliphatic heterocycles. The molecule has 1 aromatic heterocycles. The number of nitrogens with one attached hydrogen (secondary N) is 1. The van der Waals surface area contributed by atoms with Gasteiger partial charge in [-0.2, -0.15) is 0 Å². The number of hydrogen-bond donors (Lipinski definition) is 1. The molecule has 96 valence electrons. The van der Waals surface area contributed by atoms with Gasteiger partial charge in [0.25, 0.3) is 0 Å². The Hall–Kier alpha value is -0.760. The van der Waals surface area contributed by atoms with Crippen LogP contribution in [-0.2, 0) is 13.0 Å². The quantitative estimate of drug-likeness (QED) is 0.789.